The molecule has 174 valence electrons. The molecule has 0 spiro atoms. The van der Waals surface area contributed by atoms with Crippen molar-refractivity contribution in [2.75, 3.05) is 51.7 Å². The lowest BCUT2D eigenvalue weighted by Gasteiger charge is -2.39. The number of alkyl halides is 3. The van der Waals surface area contributed by atoms with Crippen LogP contribution in [0.2, 0.25) is 0 Å². The van der Waals surface area contributed by atoms with E-state index in [1.807, 2.05) is 7.05 Å². The van der Waals surface area contributed by atoms with Crippen LogP contribution in [0.15, 0.2) is 24.3 Å². The molecule has 1 aromatic carbocycles. The maximum absolute atomic E-state index is 12.2. The van der Waals surface area contributed by atoms with Gasteiger partial charge >= 0.3 is 12.4 Å². The minimum absolute atomic E-state index is 0.0890. The molecule has 2 aliphatic rings. The van der Waals surface area contributed by atoms with E-state index in [1.165, 1.54) is 12.1 Å². The number of nitrogens with one attached hydrogen (secondary N) is 2. The molecule has 3 rings (SSSR count). The van der Waals surface area contributed by atoms with Gasteiger partial charge in [0.25, 0.3) is 0 Å². The normalized spacial score (nSPS) is 27.8. The Morgan fingerprint density at radius 1 is 1.19 bits per heavy atom. The summed E-state index contributed by atoms with van der Waals surface area (Å²) in [6.07, 6.45) is -6.93. The third-order valence-corrected chi connectivity index (χ3v) is 5.41. The first-order valence-corrected chi connectivity index (χ1v) is 9.94. The van der Waals surface area contributed by atoms with Crippen molar-refractivity contribution in [2.24, 2.45) is 0 Å². The number of anilines is 1. The summed E-state index contributed by atoms with van der Waals surface area (Å²) in [4.78, 5) is 16.5. The van der Waals surface area contributed by atoms with Gasteiger partial charge in [-0.2, -0.15) is 0 Å². The fourth-order valence-corrected chi connectivity index (χ4v) is 3.82. The van der Waals surface area contributed by atoms with Gasteiger partial charge in [-0.1, -0.05) is 0 Å². The highest BCUT2D eigenvalue weighted by Gasteiger charge is 2.46. The van der Waals surface area contributed by atoms with Crippen LogP contribution in [0.5, 0.6) is 5.75 Å². The number of hydrogen-bond donors (Lipinski definition) is 4. The highest BCUT2D eigenvalue weighted by Crippen LogP contribution is 2.27. The monoisotopic (exact) mass is 448 g/mol. The Balaban J connectivity index is 1.54. The molecule has 1 aromatic rings. The molecule has 0 unspecified atom stereocenters. The zero-order valence-electron chi connectivity index (χ0n) is 17.0. The Kier molecular flexibility index (Phi) is 7.59. The maximum Gasteiger partial charge on any atom is 0.573 e. The molecule has 0 aliphatic carbocycles. The van der Waals surface area contributed by atoms with Crippen molar-refractivity contribution in [1.82, 2.24) is 15.1 Å². The number of likely N-dealkylation sites (N-methyl/N-ethyl adjacent to an activating group) is 1. The van der Waals surface area contributed by atoms with E-state index < -0.39 is 36.5 Å². The number of carbonyl (C=O) groups excluding carboxylic acids is 1. The van der Waals surface area contributed by atoms with Crippen LogP contribution in [0.3, 0.4) is 0 Å². The summed E-state index contributed by atoms with van der Waals surface area (Å²) < 4.78 is 46.2. The van der Waals surface area contributed by atoms with E-state index in [9.17, 15) is 28.2 Å². The Hall–Kier alpha value is -2.12. The van der Waals surface area contributed by atoms with Crippen molar-refractivity contribution in [3.05, 3.63) is 24.3 Å². The van der Waals surface area contributed by atoms with Gasteiger partial charge < -0.3 is 35.2 Å². The summed E-state index contributed by atoms with van der Waals surface area (Å²) in [7, 11) is 2.01. The summed E-state index contributed by atoms with van der Waals surface area (Å²) >= 11 is 0. The van der Waals surface area contributed by atoms with Crippen molar-refractivity contribution in [3.63, 3.8) is 0 Å². The van der Waals surface area contributed by atoms with Gasteiger partial charge in [-0.25, -0.2) is 4.79 Å². The smallest absolute Gasteiger partial charge is 0.406 e. The summed E-state index contributed by atoms with van der Waals surface area (Å²) in [6.45, 7) is 2.89. The van der Waals surface area contributed by atoms with E-state index in [1.54, 1.807) is 0 Å². The zero-order chi connectivity index (χ0) is 22.6. The first kappa shape index (κ1) is 23.5. The number of aliphatic hydroxyl groups excluding tert-OH is 2. The van der Waals surface area contributed by atoms with E-state index >= 15 is 0 Å². The Bertz CT molecular complexity index is 728. The lowest BCUT2D eigenvalue weighted by Crippen LogP contribution is -2.57. The van der Waals surface area contributed by atoms with Crippen molar-refractivity contribution in [1.29, 1.82) is 0 Å². The zero-order valence-corrected chi connectivity index (χ0v) is 17.0. The van der Waals surface area contributed by atoms with E-state index in [0.29, 0.717) is 0 Å². The minimum atomic E-state index is -4.79. The molecule has 2 saturated heterocycles. The van der Waals surface area contributed by atoms with Gasteiger partial charge in [0.15, 0.2) is 0 Å². The molecule has 2 amide bonds. The first-order valence-electron chi connectivity index (χ1n) is 9.94. The van der Waals surface area contributed by atoms with E-state index in [2.05, 4.69) is 25.2 Å². The molecule has 2 fully saturated rings. The number of benzene rings is 1. The highest BCUT2D eigenvalue weighted by atomic mass is 19.4. The summed E-state index contributed by atoms with van der Waals surface area (Å²) in [6, 6.07) is 3.80. The second-order valence-corrected chi connectivity index (χ2v) is 7.62. The standard InChI is InChI=1S/C19H27F3N4O5/c1-25-6-8-26(9-7-25)16-14(30-15(11-27)17(16)28)10-23-18(29)24-12-2-4-13(5-3-12)31-19(20,21)22/h2-5,14-17,27-28H,6-11H2,1H3,(H2,23,24,29)/t14-,15+,16-,17-/m1/s1. The van der Waals surface area contributed by atoms with Crippen LogP contribution in [-0.2, 0) is 4.74 Å². The second kappa shape index (κ2) is 10.0. The number of urea groups is 1. The third-order valence-electron chi connectivity index (χ3n) is 5.41. The van der Waals surface area contributed by atoms with E-state index in [-0.39, 0.29) is 24.9 Å². The number of piperazine rings is 1. The largest absolute Gasteiger partial charge is 0.573 e. The summed E-state index contributed by atoms with van der Waals surface area (Å²) in [5, 5.41) is 25.2. The van der Waals surface area contributed by atoms with Gasteiger partial charge in [0.1, 0.15) is 18.0 Å². The molecule has 0 saturated carbocycles. The average Bonchev–Trinajstić information content (AvgIpc) is 3.03. The summed E-state index contributed by atoms with van der Waals surface area (Å²) in [5.41, 5.74) is 0.281. The molecule has 0 aromatic heterocycles. The van der Waals surface area contributed by atoms with Gasteiger partial charge in [-0.05, 0) is 31.3 Å². The average molecular weight is 448 g/mol. The second-order valence-electron chi connectivity index (χ2n) is 7.62. The molecule has 12 heteroatoms. The van der Waals surface area contributed by atoms with Crippen LogP contribution < -0.4 is 15.4 Å². The molecule has 31 heavy (non-hydrogen) atoms. The molecule has 4 N–H and O–H groups in total. The van der Waals surface area contributed by atoms with Crippen molar-refractivity contribution < 1.29 is 37.7 Å². The summed E-state index contributed by atoms with van der Waals surface area (Å²) in [5.74, 6) is -0.392. The SMILES string of the molecule is CN1CCN([C@H]2[C@H](O)[C@H](CO)O[C@@H]2CNC(=O)Nc2ccc(OC(F)(F)F)cc2)CC1. The van der Waals surface area contributed by atoms with Gasteiger partial charge in [0.2, 0.25) is 0 Å². The quantitative estimate of drug-likeness (QED) is 0.501. The fraction of sp³-hybridized carbons (Fsp3) is 0.632. The number of ether oxygens (including phenoxy) is 2. The van der Waals surface area contributed by atoms with Gasteiger partial charge in [0.05, 0.1) is 18.8 Å². The molecule has 9 nitrogen and oxygen atoms in total. The number of aliphatic hydroxyl groups is 2. The fourth-order valence-electron chi connectivity index (χ4n) is 3.82. The van der Waals surface area contributed by atoms with Crippen molar-refractivity contribution >= 4 is 11.7 Å². The van der Waals surface area contributed by atoms with E-state index in [4.69, 9.17) is 4.74 Å². The van der Waals surface area contributed by atoms with Crippen molar-refractivity contribution in [2.45, 2.75) is 30.7 Å². The Morgan fingerprint density at radius 2 is 1.84 bits per heavy atom. The number of halogens is 3. The van der Waals surface area contributed by atoms with Crippen LogP contribution in [-0.4, -0.2) is 103 Å². The third kappa shape index (κ3) is 6.43. The Morgan fingerprint density at radius 3 is 2.42 bits per heavy atom. The lowest BCUT2D eigenvalue weighted by atomic mass is 10.0. The van der Waals surface area contributed by atoms with Gasteiger partial charge in [-0.3, -0.25) is 4.90 Å². The molecule has 0 radical (unpaired) electrons. The minimum Gasteiger partial charge on any atom is -0.406 e. The number of hydrogen-bond acceptors (Lipinski definition) is 7. The van der Waals surface area contributed by atoms with E-state index in [0.717, 1.165) is 38.3 Å². The lowest BCUT2D eigenvalue weighted by molar-refractivity contribution is -0.274. The molecular formula is C19H27F3N4O5. The molecule has 2 aliphatic heterocycles. The topological polar surface area (TPSA) is 107 Å². The van der Waals surface area contributed by atoms with Crippen LogP contribution in [0, 0.1) is 0 Å². The number of amides is 2. The molecule has 4 atom stereocenters. The van der Waals surface area contributed by atoms with Crippen LogP contribution in [0.25, 0.3) is 0 Å². The van der Waals surface area contributed by atoms with Crippen LogP contribution >= 0.6 is 0 Å². The van der Waals surface area contributed by atoms with Gasteiger partial charge in [-0.15, -0.1) is 13.2 Å². The number of nitrogens with zero attached hydrogens (tertiary/aromatic N) is 2. The number of carbonyl (C=O) groups is 1. The van der Waals surface area contributed by atoms with Crippen LogP contribution in [0.1, 0.15) is 0 Å². The van der Waals surface area contributed by atoms with Crippen molar-refractivity contribution in [3.8, 4) is 5.75 Å². The Labute approximate surface area is 177 Å². The van der Waals surface area contributed by atoms with Gasteiger partial charge in [0, 0.05) is 38.4 Å². The highest BCUT2D eigenvalue weighted by molar-refractivity contribution is 5.89. The molecule has 0 bridgehead atoms. The molecule has 2 heterocycles. The van der Waals surface area contributed by atoms with Crippen LogP contribution in [0.4, 0.5) is 23.7 Å². The first-order chi connectivity index (χ1) is 14.7. The maximum atomic E-state index is 12.2. The molecular weight excluding hydrogens is 421 g/mol. The number of rotatable bonds is 6. The predicted octanol–water partition coefficient (Wildman–Crippen LogP) is 0.443. The predicted molar refractivity (Wildman–Crippen MR) is 105 cm³/mol.